The number of hydrogen-bond acceptors (Lipinski definition) is 6. The molecular weight excluding hydrogens is 659 g/mol. The van der Waals surface area contributed by atoms with E-state index in [0.29, 0.717) is 42.8 Å². The van der Waals surface area contributed by atoms with E-state index in [4.69, 9.17) is 10.8 Å². The number of carbonyl (C=O) groups is 6. The molecule has 0 saturated heterocycles. The van der Waals surface area contributed by atoms with E-state index < -0.39 is 59.9 Å². The molecule has 0 aromatic heterocycles. The lowest BCUT2D eigenvalue weighted by molar-refractivity contribution is -0.137. The lowest BCUT2D eigenvalue weighted by Crippen LogP contribution is -2.48. The van der Waals surface area contributed by atoms with Gasteiger partial charge in [0.25, 0.3) is 0 Å². The lowest BCUT2D eigenvalue weighted by atomic mass is 10.1. The third-order valence-electron chi connectivity index (χ3n) is 5.75. The molecule has 0 aliphatic rings. The van der Waals surface area contributed by atoms with Gasteiger partial charge in [-0.1, -0.05) is 28.9 Å². The maximum Gasteiger partial charge on any atom is 0.418 e. The normalized spacial score (nSPS) is 11.5. The van der Waals surface area contributed by atoms with Crippen LogP contribution in [0.2, 0.25) is 0 Å². The van der Waals surface area contributed by atoms with Crippen molar-refractivity contribution in [1.29, 1.82) is 0 Å². The fraction of sp³-hybridized carbons (Fsp3) is 0.462. The minimum Gasteiger partial charge on any atom is -0.465 e. The molecule has 44 heavy (non-hydrogen) atoms. The summed E-state index contributed by atoms with van der Waals surface area (Å²) in [6.45, 7) is 3.48. The van der Waals surface area contributed by atoms with Crippen LogP contribution in [0.4, 0.5) is 34.1 Å². The molecule has 18 heteroatoms. The second kappa shape index (κ2) is 19.0. The number of urea groups is 1. The molecule has 1 aromatic rings. The summed E-state index contributed by atoms with van der Waals surface area (Å²) in [6, 6.07) is 0.155. The van der Waals surface area contributed by atoms with Gasteiger partial charge in [-0.2, -0.15) is 13.2 Å². The number of carboxylic acid groups (broad SMARTS) is 1. The molecule has 0 saturated carbocycles. The van der Waals surface area contributed by atoms with E-state index in [1.807, 2.05) is 0 Å². The summed E-state index contributed by atoms with van der Waals surface area (Å²) in [6.07, 6.45) is -4.77. The zero-order valence-electron chi connectivity index (χ0n) is 23.6. The number of primary amides is 1. The first-order valence-electron chi connectivity index (χ1n) is 13.3. The van der Waals surface area contributed by atoms with Crippen molar-refractivity contribution in [2.24, 2.45) is 5.73 Å². The third kappa shape index (κ3) is 15.2. The summed E-state index contributed by atoms with van der Waals surface area (Å²) in [5, 5.41) is 22.7. The second-order valence-corrected chi connectivity index (χ2v) is 9.87. The fourth-order valence-corrected chi connectivity index (χ4v) is 3.84. The molecule has 0 bridgehead atoms. The van der Waals surface area contributed by atoms with E-state index in [0.717, 1.165) is 12.1 Å². The van der Waals surface area contributed by atoms with Crippen molar-refractivity contribution in [3.63, 3.8) is 0 Å². The Labute approximate surface area is 259 Å². The molecule has 1 aromatic carbocycles. The average Bonchev–Trinajstić information content (AvgIpc) is 2.94. The van der Waals surface area contributed by atoms with Crippen molar-refractivity contribution >= 4 is 63.1 Å². The molecule has 1 unspecified atom stereocenters. The van der Waals surface area contributed by atoms with E-state index >= 15 is 0 Å². The van der Waals surface area contributed by atoms with Gasteiger partial charge in [-0.3, -0.25) is 24.5 Å². The fourth-order valence-electron chi connectivity index (χ4n) is 3.58. The Morgan fingerprint density at radius 2 is 1.61 bits per heavy atom. The van der Waals surface area contributed by atoms with Crippen LogP contribution in [0.1, 0.15) is 44.1 Å². The highest BCUT2D eigenvalue weighted by atomic mass is 79.9. The Morgan fingerprint density at radius 1 is 0.932 bits per heavy atom. The second-order valence-electron chi connectivity index (χ2n) is 9.31. The molecular formula is C26H35BrF3N7O7. The lowest BCUT2D eigenvalue weighted by Gasteiger charge is -2.21. The van der Waals surface area contributed by atoms with Gasteiger partial charge < -0.3 is 37.4 Å². The topological polar surface area (TPSA) is 221 Å². The van der Waals surface area contributed by atoms with E-state index in [-0.39, 0.29) is 37.4 Å². The summed E-state index contributed by atoms with van der Waals surface area (Å²) < 4.78 is 40.9. The van der Waals surface area contributed by atoms with Gasteiger partial charge in [-0.15, -0.1) is 0 Å². The SMILES string of the molecule is C=C(CBr)C(=O)NCCCCCC(=O)NCC(=O)NC(CCCNC(N)=O)C(=O)Nc1ccc(NC(=O)O)cc1C(F)(F)F. The Bertz CT molecular complexity index is 1210. The van der Waals surface area contributed by atoms with Gasteiger partial charge in [-0.05, 0) is 43.9 Å². The minimum absolute atomic E-state index is 0.00399. The number of benzene rings is 1. The van der Waals surface area contributed by atoms with Gasteiger partial charge in [0.1, 0.15) is 6.04 Å². The van der Waals surface area contributed by atoms with Crippen molar-refractivity contribution in [2.75, 3.05) is 35.6 Å². The van der Waals surface area contributed by atoms with Gasteiger partial charge in [-0.25, -0.2) is 9.59 Å². The standard InChI is InChI=1S/C26H35BrF3N7O7/c1-15(13-27)22(40)32-10-4-2-3-7-20(38)34-14-21(39)36-19(6-5-11-33-24(31)42)23(41)37-18-9-8-16(35-25(43)44)12-17(18)26(28,29)30/h8-9,12,19,35H,1-7,10-11,13-14H2,(H,32,40)(H,34,38)(H,36,39)(H,37,41)(H,43,44)(H3,31,33,42). The van der Waals surface area contributed by atoms with E-state index in [9.17, 15) is 41.9 Å². The van der Waals surface area contributed by atoms with Gasteiger partial charge in [0, 0.05) is 36.1 Å². The van der Waals surface area contributed by atoms with Crippen molar-refractivity contribution in [3.05, 3.63) is 35.9 Å². The molecule has 14 nitrogen and oxygen atoms in total. The predicted octanol–water partition coefficient (Wildman–Crippen LogP) is 2.41. The van der Waals surface area contributed by atoms with Crippen molar-refractivity contribution in [2.45, 2.75) is 50.7 Å². The van der Waals surface area contributed by atoms with Crippen LogP contribution >= 0.6 is 15.9 Å². The number of nitrogens with one attached hydrogen (secondary N) is 6. The highest BCUT2D eigenvalue weighted by molar-refractivity contribution is 9.09. The van der Waals surface area contributed by atoms with Crippen LogP contribution in [0.25, 0.3) is 0 Å². The molecule has 0 aliphatic heterocycles. The first-order valence-corrected chi connectivity index (χ1v) is 14.4. The molecule has 0 spiro atoms. The number of amides is 7. The predicted molar refractivity (Wildman–Crippen MR) is 158 cm³/mol. The molecule has 0 radical (unpaired) electrons. The smallest absolute Gasteiger partial charge is 0.418 e. The number of nitrogens with two attached hydrogens (primary N) is 1. The highest BCUT2D eigenvalue weighted by Gasteiger charge is 2.35. The monoisotopic (exact) mass is 693 g/mol. The largest absolute Gasteiger partial charge is 0.465 e. The Morgan fingerprint density at radius 3 is 2.23 bits per heavy atom. The van der Waals surface area contributed by atoms with Crippen LogP contribution in [-0.2, 0) is 25.4 Å². The number of hydrogen-bond donors (Lipinski definition) is 8. The molecule has 1 atom stereocenters. The Kier molecular flexibility index (Phi) is 16.3. The number of alkyl halides is 4. The number of anilines is 2. The molecule has 0 fully saturated rings. The molecule has 1 rings (SSSR count). The van der Waals surface area contributed by atoms with Crippen LogP contribution in [0, 0.1) is 0 Å². The Hall–Kier alpha value is -4.35. The first kappa shape index (κ1) is 37.7. The summed E-state index contributed by atoms with van der Waals surface area (Å²) in [5.74, 6) is -2.55. The summed E-state index contributed by atoms with van der Waals surface area (Å²) in [7, 11) is 0. The van der Waals surface area contributed by atoms with Crippen LogP contribution in [0.15, 0.2) is 30.4 Å². The summed E-state index contributed by atoms with van der Waals surface area (Å²) >= 11 is 3.13. The van der Waals surface area contributed by atoms with E-state index in [2.05, 4.69) is 49.1 Å². The number of rotatable bonds is 18. The highest BCUT2D eigenvalue weighted by Crippen LogP contribution is 2.36. The average molecular weight is 695 g/mol. The number of halogens is 4. The molecule has 244 valence electrons. The van der Waals surface area contributed by atoms with Gasteiger partial charge in [0.15, 0.2) is 0 Å². The molecule has 0 heterocycles. The number of carbonyl (C=O) groups excluding carboxylic acids is 5. The van der Waals surface area contributed by atoms with Gasteiger partial charge in [0.2, 0.25) is 23.6 Å². The maximum atomic E-state index is 13.6. The minimum atomic E-state index is -4.97. The van der Waals surface area contributed by atoms with Crippen LogP contribution in [0.3, 0.4) is 0 Å². The van der Waals surface area contributed by atoms with Crippen molar-refractivity contribution in [1.82, 2.24) is 21.3 Å². The van der Waals surface area contributed by atoms with Crippen molar-refractivity contribution in [3.8, 4) is 0 Å². The van der Waals surface area contributed by atoms with Crippen molar-refractivity contribution < 1.29 is 47.0 Å². The van der Waals surface area contributed by atoms with Gasteiger partial charge >= 0.3 is 18.3 Å². The third-order valence-corrected chi connectivity index (χ3v) is 6.43. The maximum absolute atomic E-state index is 13.6. The zero-order chi connectivity index (χ0) is 33.3. The molecule has 0 aliphatic carbocycles. The van der Waals surface area contributed by atoms with E-state index in [1.165, 1.54) is 0 Å². The quantitative estimate of drug-likeness (QED) is 0.0651. The van der Waals surface area contributed by atoms with Crippen LogP contribution < -0.4 is 37.6 Å². The van der Waals surface area contributed by atoms with Crippen LogP contribution in [-0.4, -0.2) is 71.9 Å². The summed E-state index contributed by atoms with van der Waals surface area (Å²) in [4.78, 5) is 70.9. The first-order chi connectivity index (χ1) is 20.6. The summed E-state index contributed by atoms with van der Waals surface area (Å²) in [5.41, 5.74) is 2.98. The number of unbranched alkanes of at least 4 members (excludes halogenated alkanes) is 2. The van der Waals surface area contributed by atoms with E-state index in [1.54, 1.807) is 5.32 Å². The zero-order valence-corrected chi connectivity index (χ0v) is 25.2. The van der Waals surface area contributed by atoms with Crippen LogP contribution in [0.5, 0.6) is 0 Å². The molecule has 7 amide bonds. The van der Waals surface area contributed by atoms with Gasteiger partial charge in [0.05, 0.1) is 17.8 Å². The Balaban J connectivity index is 2.74. The molecule has 9 N–H and O–H groups in total.